The van der Waals surface area contributed by atoms with Gasteiger partial charge >= 0.3 is 0 Å². The fourth-order valence-electron chi connectivity index (χ4n) is 2.67. The van der Waals surface area contributed by atoms with Crippen LogP contribution in [0.15, 0.2) is 23.0 Å². The largest absolute Gasteiger partial charge is 0.340 e. The fraction of sp³-hybridized carbons (Fsp3) is 0.400. The van der Waals surface area contributed by atoms with Crippen molar-refractivity contribution >= 4 is 28.4 Å². The van der Waals surface area contributed by atoms with E-state index in [1.54, 1.807) is 25.1 Å². The van der Waals surface area contributed by atoms with Crippen molar-refractivity contribution in [1.82, 2.24) is 19.8 Å². The molecule has 0 bridgehead atoms. The molecule has 1 aromatic heterocycles. The highest BCUT2D eigenvalue weighted by atomic mass is 35.5. The summed E-state index contributed by atoms with van der Waals surface area (Å²) in [6.45, 7) is 5.14. The van der Waals surface area contributed by atoms with Crippen LogP contribution in [-0.2, 0) is 11.3 Å². The van der Waals surface area contributed by atoms with Gasteiger partial charge in [-0.3, -0.25) is 14.5 Å². The number of rotatable bonds is 2. The summed E-state index contributed by atoms with van der Waals surface area (Å²) in [4.78, 5) is 34.7. The standard InChI is InChI=1S/C15H17ClN4O2/c1-10(21)20-6-4-19(5-7-20)9-14-17-13-3-2-11(16)8-12(13)15(22)18-14/h2-3,8H,4-7,9H2,1H3,(H,17,18,22). The highest BCUT2D eigenvalue weighted by Crippen LogP contribution is 2.15. The van der Waals surface area contributed by atoms with Crippen molar-refractivity contribution in [1.29, 1.82) is 0 Å². The molecule has 2 aromatic rings. The topological polar surface area (TPSA) is 69.3 Å². The van der Waals surface area contributed by atoms with E-state index in [0.717, 1.165) is 13.1 Å². The van der Waals surface area contributed by atoms with Gasteiger partial charge in [-0.15, -0.1) is 0 Å². The minimum Gasteiger partial charge on any atom is -0.340 e. The summed E-state index contributed by atoms with van der Waals surface area (Å²) in [5, 5.41) is 1.02. The van der Waals surface area contributed by atoms with Crippen molar-refractivity contribution < 1.29 is 4.79 Å². The van der Waals surface area contributed by atoms with E-state index in [2.05, 4.69) is 14.9 Å². The van der Waals surface area contributed by atoms with Crippen molar-refractivity contribution in [2.75, 3.05) is 26.2 Å². The number of fused-ring (bicyclic) bond motifs is 1. The zero-order valence-electron chi connectivity index (χ0n) is 12.3. The minimum absolute atomic E-state index is 0.105. The first kappa shape index (κ1) is 15.0. The van der Waals surface area contributed by atoms with E-state index < -0.39 is 0 Å². The molecule has 0 unspecified atom stereocenters. The van der Waals surface area contributed by atoms with E-state index in [1.807, 2.05) is 4.90 Å². The second kappa shape index (κ2) is 6.06. The van der Waals surface area contributed by atoms with Gasteiger partial charge in [-0.05, 0) is 18.2 Å². The third-order valence-corrected chi connectivity index (χ3v) is 4.14. The third kappa shape index (κ3) is 3.13. The first-order valence-electron chi connectivity index (χ1n) is 7.19. The van der Waals surface area contributed by atoms with Gasteiger partial charge in [-0.2, -0.15) is 0 Å². The van der Waals surface area contributed by atoms with E-state index in [4.69, 9.17) is 11.6 Å². The van der Waals surface area contributed by atoms with E-state index in [9.17, 15) is 9.59 Å². The maximum Gasteiger partial charge on any atom is 0.258 e. The molecule has 1 aliphatic heterocycles. The van der Waals surface area contributed by atoms with Crippen molar-refractivity contribution in [2.45, 2.75) is 13.5 Å². The van der Waals surface area contributed by atoms with E-state index in [0.29, 0.717) is 41.4 Å². The van der Waals surface area contributed by atoms with Crippen LogP contribution in [0.1, 0.15) is 12.7 Å². The predicted molar refractivity (Wildman–Crippen MR) is 84.9 cm³/mol. The summed E-state index contributed by atoms with van der Waals surface area (Å²) < 4.78 is 0. The summed E-state index contributed by atoms with van der Waals surface area (Å²) in [7, 11) is 0. The van der Waals surface area contributed by atoms with Gasteiger partial charge in [-0.25, -0.2) is 4.98 Å². The van der Waals surface area contributed by atoms with Gasteiger partial charge in [0.15, 0.2) is 0 Å². The number of nitrogens with zero attached hydrogens (tertiary/aromatic N) is 3. The third-order valence-electron chi connectivity index (χ3n) is 3.91. The zero-order valence-corrected chi connectivity index (χ0v) is 13.1. The second-order valence-corrected chi connectivity index (χ2v) is 5.89. The Balaban J connectivity index is 1.76. The van der Waals surface area contributed by atoms with Gasteiger partial charge in [0.2, 0.25) is 5.91 Å². The summed E-state index contributed by atoms with van der Waals surface area (Å²) in [5.74, 6) is 0.741. The summed E-state index contributed by atoms with van der Waals surface area (Å²) in [6.07, 6.45) is 0. The van der Waals surface area contributed by atoms with Gasteiger partial charge in [0.1, 0.15) is 5.82 Å². The SMILES string of the molecule is CC(=O)N1CCN(Cc2nc3ccc(Cl)cc3c(=O)[nH]2)CC1. The number of aromatic amines is 1. The molecule has 1 saturated heterocycles. The van der Waals surface area contributed by atoms with Crippen molar-refractivity contribution in [2.24, 2.45) is 0 Å². The summed E-state index contributed by atoms with van der Waals surface area (Å²) in [6, 6.07) is 5.11. The van der Waals surface area contributed by atoms with Crippen molar-refractivity contribution in [3.63, 3.8) is 0 Å². The Morgan fingerprint density at radius 3 is 2.73 bits per heavy atom. The lowest BCUT2D eigenvalue weighted by atomic mass is 10.2. The van der Waals surface area contributed by atoms with E-state index in [-0.39, 0.29) is 11.5 Å². The first-order valence-corrected chi connectivity index (χ1v) is 7.57. The number of hydrogen-bond donors (Lipinski definition) is 1. The lowest BCUT2D eigenvalue weighted by Crippen LogP contribution is -2.47. The van der Waals surface area contributed by atoms with Crippen LogP contribution in [0, 0.1) is 0 Å². The van der Waals surface area contributed by atoms with Crippen LogP contribution in [0.3, 0.4) is 0 Å². The maximum absolute atomic E-state index is 12.1. The number of halogens is 1. The molecule has 1 amide bonds. The molecule has 1 aromatic carbocycles. The van der Waals surface area contributed by atoms with Gasteiger partial charge in [0.25, 0.3) is 5.56 Å². The molecule has 22 heavy (non-hydrogen) atoms. The molecule has 0 atom stereocenters. The van der Waals surface area contributed by atoms with Crippen LogP contribution in [-0.4, -0.2) is 51.9 Å². The smallest absolute Gasteiger partial charge is 0.258 e. The Kier molecular flexibility index (Phi) is 4.13. The fourth-order valence-corrected chi connectivity index (χ4v) is 2.84. The highest BCUT2D eigenvalue weighted by molar-refractivity contribution is 6.31. The van der Waals surface area contributed by atoms with Crippen molar-refractivity contribution in [3.05, 3.63) is 39.4 Å². The van der Waals surface area contributed by atoms with Crippen LogP contribution < -0.4 is 5.56 Å². The molecule has 7 heteroatoms. The zero-order chi connectivity index (χ0) is 15.7. The molecule has 0 radical (unpaired) electrons. The number of piperazine rings is 1. The molecule has 0 saturated carbocycles. The monoisotopic (exact) mass is 320 g/mol. The number of benzene rings is 1. The normalized spacial score (nSPS) is 16.2. The van der Waals surface area contributed by atoms with Crippen LogP contribution in [0.4, 0.5) is 0 Å². The Bertz CT molecular complexity index is 766. The Morgan fingerprint density at radius 2 is 2.05 bits per heavy atom. The Hall–Kier alpha value is -1.92. The average Bonchev–Trinajstić information content (AvgIpc) is 2.49. The van der Waals surface area contributed by atoms with Crippen molar-refractivity contribution in [3.8, 4) is 0 Å². The average molecular weight is 321 g/mol. The van der Waals surface area contributed by atoms with Gasteiger partial charge < -0.3 is 9.88 Å². The molecule has 1 fully saturated rings. The molecule has 0 spiro atoms. The van der Waals surface area contributed by atoms with Gasteiger partial charge in [-0.1, -0.05) is 11.6 Å². The number of carbonyl (C=O) groups is 1. The molecule has 0 aliphatic carbocycles. The lowest BCUT2D eigenvalue weighted by molar-refractivity contribution is -0.130. The number of carbonyl (C=O) groups excluding carboxylic acids is 1. The highest BCUT2D eigenvalue weighted by Gasteiger charge is 2.19. The molecular formula is C15H17ClN4O2. The quantitative estimate of drug-likeness (QED) is 0.904. The minimum atomic E-state index is -0.176. The Labute approximate surface area is 132 Å². The summed E-state index contributed by atoms with van der Waals surface area (Å²) >= 11 is 5.90. The first-order chi connectivity index (χ1) is 10.5. The molecule has 1 N–H and O–H groups in total. The van der Waals surface area contributed by atoms with Gasteiger partial charge in [0.05, 0.1) is 17.4 Å². The number of aromatic nitrogens is 2. The second-order valence-electron chi connectivity index (χ2n) is 5.46. The van der Waals surface area contributed by atoms with E-state index >= 15 is 0 Å². The number of nitrogens with one attached hydrogen (secondary N) is 1. The molecular weight excluding hydrogens is 304 g/mol. The number of amides is 1. The van der Waals surface area contributed by atoms with Crippen LogP contribution >= 0.6 is 11.6 Å². The summed E-state index contributed by atoms with van der Waals surface area (Å²) in [5.41, 5.74) is 0.468. The molecule has 2 heterocycles. The van der Waals surface area contributed by atoms with E-state index in [1.165, 1.54) is 0 Å². The molecule has 3 rings (SSSR count). The van der Waals surface area contributed by atoms with Crippen LogP contribution in [0.25, 0.3) is 10.9 Å². The molecule has 116 valence electrons. The lowest BCUT2D eigenvalue weighted by Gasteiger charge is -2.33. The number of hydrogen-bond acceptors (Lipinski definition) is 4. The maximum atomic E-state index is 12.1. The predicted octanol–water partition coefficient (Wildman–Crippen LogP) is 1.24. The van der Waals surface area contributed by atoms with Crippen LogP contribution in [0.5, 0.6) is 0 Å². The molecule has 6 nitrogen and oxygen atoms in total. The van der Waals surface area contributed by atoms with Crippen LogP contribution in [0.2, 0.25) is 5.02 Å². The molecule has 1 aliphatic rings. The van der Waals surface area contributed by atoms with Gasteiger partial charge in [0, 0.05) is 38.1 Å². The Morgan fingerprint density at radius 1 is 1.32 bits per heavy atom. The number of H-pyrrole nitrogens is 1.